The largest absolute Gasteiger partial charge is 0.392 e. The van der Waals surface area contributed by atoms with E-state index in [0.717, 1.165) is 35.6 Å². The zero-order valence-electron chi connectivity index (χ0n) is 18.0. The third-order valence-electron chi connectivity index (χ3n) is 7.56. The van der Waals surface area contributed by atoms with Crippen LogP contribution in [-0.4, -0.2) is 15.8 Å². The number of aliphatic hydroxyl groups is 2. The lowest BCUT2D eigenvalue weighted by Gasteiger charge is -2.43. The molecule has 4 atom stereocenters. The van der Waals surface area contributed by atoms with Crippen LogP contribution in [0.2, 0.25) is 0 Å². The molecule has 3 rings (SSSR count). The Morgan fingerprint density at radius 3 is 2.68 bits per heavy atom. The summed E-state index contributed by atoms with van der Waals surface area (Å²) in [4.78, 5) is 0.891. The molecule has 0 bridgehead atoms. The predicted octanol–water partition coefficient (Wildman–Crippen LogP) is 6.25. The van der Waals surface area contributed by atoms with E-state index >= 15 is 0 Å². The van der Waals surface area contributed by atoms with Crippen LogP contribution in [0.15, 0.2) is 29.2 Å². The Morgan fingerprint density at radius 1 is 1.29 bits per heavy atom. The zero-order chi connectivity index (χ0) is 20.5. The fourth-order valence-corrected chi connectivity index (χ4v) is 6.29. The number of hydrogen-bond acceptors (Lipinski definition) is 3. The van der Waals surface area contributed by atoms with Crippen molar-refractivity contribution in [1.82, 2.24) is 0 Å². The van der Waals surface area contributed by atoms with E-state index in [1.54, 1.807) is 0 Å². The van der Waals surface area contributed by atoms with Crippen LogP contribution in [0.1, 0.15) is 83.8 Å². The van der Waals surface area contributed by atoms with Crippen molar-refractivity contribution in [2.24, 2.45) is 23.2 Å². The first-order valence-corrected chi connectivity index (χ1v) is 11.5. The monoisotopic (exact) mass is 402 g/mol. The molecular formula is C25H38O2S. The molecule has 28 heavy (non-hydrogen) atoms. The predicted molar refractivity (Wildman–Crippen MR) is 120 cm³/mol. The van der Waals surface area contributed by atoms with Crippen LogP contribution in [0, 0.1) is 23.2 Å². The molecule has 2 aliphatic carbocycles. The second-order valence-electron chi connectivity index (χ2n) is 10.1. The summed E-state index contributed by atoms with van der Waals surface area (Å²) < 4.78 is 0. The summed E-state index contributed by atoms with van der Waals surface area (Å²) in [5, 5.41) is 19.5. The van der Waals surface area contributed by atoms with E-state index in [1.807, 2.05) is 19.9 Å². The highest BCUT2D eigenvalue weighted by Gasteiger charge is 2.50. The average molecular weight is 403 g/mol. The quantitative estimate of drug-likeness (QED) is 0.471. The van der Waals surface area contributed by atoms with Crippen molar-refractivity contribution in [3.05, 3.63) is 35.4 Å². The van der Waals surface area contributed by atoms with E-state index in [4.69, 9.17) is 0 Å². The maximum atomic E-state index is 10.0. The Kier molecular flexibility index (Phi) is 6.68. The summed E-state index contributed by atoms with van der Waals surface area (Å²) >= 11 is 4.59. The molecule has 3 heteroatoms. The molecule has 0 aromatic heterocycles. The molecule has 0 heterocycles. The van der Waals surface area contributed by atoms with Crippen molar-refractivity contribution in [3.8, 4) is 0 Å². The van der Waals surface area contributed by atoms with Gasteiger partial charge in [0.05, 0.1) is 12.2 Å². The Hall–Kier alpha value is -0.770. The maximum Gasteiger partial charge on any atom is 0.0692 e. The van der Waals surface area contributed by atoms with Crippen LogP contribution < -0.4 is 0 Å². The normalized spacial score (nSPS) is 28.8. The molecule has 0 radical (unpaired) electrons. The molecule has 2 aliphatic rings. The lowest BCUT2D eigenvalue weighted by Crippen LogP contribution is -2.35. The fourth-order valence-electron chi connectivity index (χ4n) is 6.00. The minimum absolute atomic E-state index is 0.0452. The van der Waals surface area contributed by atoms with Gasteiger partial charge in [-0.3, -0.25) is 0 Å². The van der Waals surface area contributed by atoms with E-state index in [2.05, 4.69) is 44.7 Å². The first-order chi connectivity index (χ1) is 13.2. The second-order valence-corrected chi connectivity index (χ2v) is 10.6. The number of aliphatic hydroxyl groups excluding tert-OH is 1. The van der Waals surface area contributed by atoms with Crippen LogP contribution in [0.4, 0.5) is 0 Å². The van der Waals surface area contributed by atoms with Crippen molar-refractivity contribution in [1.29, 1.82) is 0 Å². The number of rotatable bonds is 7. The van der Waals surface area contributed by atoms with Gasteiger partial charge in [-0.1, -0.05) is 44.9 Å². The maximum absolute atomic E-state index is 10.0. The van der Waals surface area contributed by atoms with Gasteiger partial charge in [0.15, 0.2) is 0 Å². The smallest absolute Gasteiger partial charge is 0.0692 e. The SMILES string of the molecule is CC(CCCC(C)(C)O)C1CCC2C(c3ccc(CO)c(S)c3)=CCC[C@@]21C. The Bertz CT molecular complexity index is 718. The summed E-state index contributed by atoms with van der Waals surface area (Å²) in [6, 6.07) is 6.34. The van der Waals surface area contributed by atoms with Gasteiger partial charge in [0.25, 0.3) is 0 Å². The Balaban J connectivity index is 1.75. The van der Waals surface area contributed by atoms with Crippen LogP contribution in [0.3, 0.4) is 0 Å². The third kappa shape index (κ3) is 4.52. The van der Waals surface area contributed by atoms with Crippen molar-refractivity contribution in [2.45, 2.75) is 89.7 Å². The van der Waals surface area contributed by atoms with Gasteiger partial charge in [-0.15, -0.1) is 12.6 Å². The lowest BCUT2D eigenvalue weighted by atomic mass is 9.61. The van der Waals surface area contributed by atoms with Crippen molar-refractivity contribution >= 4 is 18.2 Å². The van der Waals surface area contributed by atoms with Gasteiger partial charge in [-0.25, -0.2) is 0 Å². The highest BCUT2D eigenvalue weighted by atomic mass is 32.1. The van der Waals surface area contributed by atoms with E-state index in [-0.39, 0.29) is 6.61 Å². The van der Waals surface area contributed by atoms with E-state index in [0.29, 0.717) is 17.3 Å². The molecule has 0 saturated heterocycles. The first kappa shape index (κ1) is 21.9. The van der Waals surface area contributed by atoms with E-state index in [9.17, 15) is 10.2 Å². The topological polar surface area (TPSA) is 40.5 Å². The molecule has 156 valence electrons. The lowest BCUT2D eigenvalue weighted by molar-refractivity contribution is 0.0620. The highest BCUT2D eigenvalue weighted by Crippen LogP contribution is 2.60. The number of benzene rings is 1. The minimum Gasteiger partial charge on any atom is -0.392 e. The van der Waals surface area contributed by atoms with Gasteiger partial charge >= 0.3 is 0 Å². The van der Waals surface area contributed by atoms with Crippen LogP contribution in [0.5, 0.6) is 0 Å². The van der Waals surface area contributed by atoms with Gasteiger partial charge in [0, 0.05) is 4.90 Å². The van der Waals surface area contributed by atoms with Crippen molar-refractivity contribution in [2.75, 3.05) is 0 Å². The summed E-state index contributed by atoms with van der Waals surface area (Å²) in [5.41, 5.74) is 3.50. The molecule has 2 nitrogen and oxygen atoms in total. The third-order valence-corrected chi connectivity index (χ3v) is 7.97. The summed E-state index contributed by atoms with van der Waals surface area (Å²) in [6.45, 7) is 8.84. The van der Waals surface area contributed by atoms with Crippen molar-refractivity contribution in [3.63, 3.8) is 0 Å². The number of allylic oxidation sites excluding steroid dienone is 2. The average Bonchev–Trinajstić information content (AvgIpc) is 2.97. The van der Waals surface area contributed by atoms with Gasteiger partial charge in [0.2, 0.25) is 0 Å². The summed E-state index contributed by atoms with van der Waals surface area (Å²) in [6.07, 6.45) is 10.7. The van der Waals surface area contributed by atoms with E-state index in [1.165, 1.54) is 36.8 Å². The number of hydrogen-bond donors (Lipinski definition) is 3. The molecule has 2 N–H and O–H groups in total. The number of fused-ring (bicyclic) bond motifs is 1. The fraction of sp³-hybridized carbons (Fsp3) is 0.680. The van der Waals surface area contributed by atoms with Gasteiger partial charge in [-0.2, -0.15) is 0 Å². The summed E-state index contributed by atoms with van der Waals surface area (Å²) in [7, 11) is 0. The molecule has 3 unspecified atom stereocenters. The molecule has 0 spiro atoms. The standard InChI is InChI=1S/C25H38O2S/c1-17(7-5-13-24(2,3)27)21-11-12-22-20(8-6-14-25(21,22)4)18-9-10-19(16-26)23(28)15-18/h8-10,15,17,21-22,26-28H,5-7,11-14,16H2,1-4H3/t17?,21?,22?,25-/m1/s1. The number of thiol groups is 1. The van der Waals surface area contributed by atoms with Gasteiger partial charge in [-0.05, 0) is 91.9 Å². The molecule has 1 aromatic carbocycles. The molecule has 1 saturated carbocycles. The van der Waals surface area contributed by atoms with Crippen LogP contribution in [0.25, 0.3) is 5.57 Å². The molecule has 1 fully saturated rings. The zero-order valence-corrected chi connectivity index (χ0v) is 18.9. The van der Waals surface area contributed by atoms with Crippen LogP contribution >= 0.6 is 12.6 Å². The molecule has 0 aliphatic heterocycles. The minimum atomic E-state index is -0.548. The molecule has 0 amide bonds. The Morgan fingerprint density at radius 2 is 2.04 bits per heavy atom. The van der Waals surface area contributed by atoms with Gasteiger partial charge in [0.1, 0.15) is 0 Å². The van der Waals surface area contributed by atoms with E-state index < -0.39 is 5.60 Å². The highest BCUT2D eigenvalue weighted by molar-refractivity contribution is 7.80. The second kappa shape index (κ2) is 8.53. The molecule has 1 aromatic rings. The van der Waals surface area contributed by atoms with Gasteiger partial charge < -0.3 is 10.2 Å². The van der Waals surface area contributed by atoms with Crippen molar-refractivity contribution < 1.29 is 10.2 Å². The van der Waals surface area contributed by atoms with Crippen LogP contribution in [-0.2, 0) is 6.61 Å². The first-order valence-electron chi connectivity index (χ1n) is 11.0. The molecular weight excluding hydrogens is 364 g/mol. The summed E-state index contributed by atoms with van der Waals surface area (Å²) in [5.74, 6) is 2.08. The Labute approximate surface area is 176 Å².